The third kappa shape index (κ3) is 5.35. The summed E-state index contributed by atoms with van der Waals surface area (Å²) in [5.41, 5.74) is 0. The summed E-state index contributed by atoms with van der Waals surface area (Å²) in [6.45, 7) is 0. The van der Waals surface area contributed by atoms with Gasteiger partial charge in [0.15, 0.2) is 16.7 Å². The number of hydrogen-bond donors (Lipinski definition) is 2. The van der Waals surface area contributed by atoms with E-state index < -0.39 is 17.7 Å². The van der Waals surface area contributed by atoms with Gasteiger partial charge < -0.3 is 9.84 Å². The van der Waals surface area contributed by atoms with Gasteiger partial charge in [-0.15, -0.1) is 11.3 Å². The molecule has 0 spiro atoms. The molecule has 5 nitrogen and oxygen atoms in total. The fraction of sp³-hybridized carbons (Fsp3) is 0.231. The van der Waals surface area contributed by atoms with E-state index in [-0.39, 0.29) is 11.9 Å². The highest BCUT2D eigenvalue weighted by atomic mass is 32.1. The Morgan fingerprint density at radius 2 is 2.19 bits per heavy atom. The van der Waals surface area contributed by atoms with Gasteiger partial charge in [0, 0.05) is 17.6 Å². The van der Waals surface area contributed by atoms with Gasteiger partial charge in [-0.25, -0.2) is 18.6 Å². The van der Waals surface area contributed by atoms with E-state index in [9.17, 15) is 13.6 Å². The lowest BCUT2D eigenvalue weighted by Crippen LogP contribution is -2.06. The largest absolute Gasteiger partial charge is 0.487 e. The van der Waals surface area contributed by atoms with Crippen LogP contribution in [0, 0.1) is 11.6 Å². The molecule has 0 radical (unpaired) electrons. The third-order valence-electron chi connectivity index (χ3n) is 2.36. The molecule has 1 aromatic carbocycles. The molecule has 0 bridgehead atoms. The first kappa shape index (κ1) is 15.2. The van der Waals surface area contributed by atoms with Crippen LogP contribution in [-0.4, -0.2) is 22.3 Å². The van der Waals surface area contributed by atoms with Crippen LogP contribution in [0.4, 0.5) is 18.7 Å². The maximum absolute atomic E-state index is 12.9. The Morgan fingerprint density at radius 1 is 1.43 bits per heavy atom. The Kier molecular flexibility index (Phi) is 5.04. The van der Waals surface area contributed by atoms with E-state index in [0.29, 0.717) is 5.13 Å². The minimum Gasteiger partial charge on any atom is -0.487 e. The summed E-state index contributed by atoms with van der Waals surface area (Å²) in [5.74, 6) is -1.04. The minimum atomic E-state index is -1.08. The van der Waals surface area contributed by atoms with Crippen LogP contribution in [0.3, 0.4) is 0 Å². The molecule has 1 saturated carbocycles. The molecular formula is C13H12F2N2O3S. The number of thiazole rings is 1. The van der Waals surface area contributed by atoms with E-state index in [4.69, 9.17) is 9.84 Å². The molecule has 1 aliphatic carbocycles. The van der Waals surface area contributed by atoms with Crippen LogP contribution < -0.4 is 10.1 Å². The highest BCUT2D eigenvalue weighted by Crippen LogP contribution is 2.28. The van der Waals surface area contributed by atoms with Crippen molar-refractivity contribution in [3.8, 4) is 5.75 Å². The van der Waals surface area contributed by atoms with Crippen LogP contribution >= 0.6 is 11.3 Å². The molecule has 0 saturated heterocycles. The molecular weight excluding hydrogens is 302 g/mol. The fourth-order valence-electron chi connectivity index (χ4n) is 1.31. The monoisotopic (exact) mass is 314 g/mol. The topological polar surface area (TPSA) is 71.5 Å². The first-order valence-corrected chi connectivity index (χ1v) is 6.93. The molecule has 21 heavy (non-hydrogen) atoms. The van der Waals surface area contributed by atoms with Crippen LogP contribution in [0.1, 0.15) is 12.8 Å². The Bertz CT molecular complexity index is 603. The van der Waals surface area contributed by atoms with Gasteiger partial charge in [0.1, 0.15) is 5.82 Å². The third-order valence-corrected chi connectivity index (χ3v) is 3.05. The van der Waals surface area contributed by atoms with Gasteiger partial charge in [-0.05, 0) is 25.0 Å². The van der Waals surface area contributed by atoms with E-state index in [0.717, 1.165) is 18.9 Å². The molecule has 1 amide bonds. The van der Waals surface area contributed by atoms with Crippen molar-refractivity contribution < 1.29 is 23.4 Å². The van der Waals surface area contributed by atoms with Crippen molar-refractivity contribution in [3.05, 3.63) is 41.4 Å². The average Bonchev–Trinajstić information content (AvgIpc) is 3.09. The van der Waals surface area contributed by atoms with Crippen LogP contribution in [-0.2, 0) is 0 Å². The molecule has 8 heteroatoms. The number of ether oxygens (including phenoxy) is 1. The zero-order chi connectivity index (χ0) is 15.2. The van der Waals surface area contributed by atoms with E-state index in [2.05, 4.69) is 10.3 Å². The van der Waals surface area contributed by atoms with Crippen molar-refractivity contribution in [2.24, 2.45) is 0 Å². The Hall–Kier alpha value is -2.22. The second-order valence-corrected chi connectivity index (χ2v) is 5.05. The number of carboxylic acid groups (broad SMARTS) is 1. The molecule has 0 unspecified atom stereocenters. The maximum Gasteiger partial charge on any atom is 0.410 e. The molecule has 1 fully saturated rings. The van der Waals surface area contributed by atoms with Crippen molar-refractivity contribution >= 4 is 22.6 Å². The smallest absolute Gasteiger partial charge is 0.410 e. The van der Waals surface area contributed by atoms with Gasteiger partial charge in [0.2, 0.25) is 0 Å². The lowest BCUT2D eigenvalue weighted by Gasteiger charge is -2.04. The molecule has 0 atom stereocenters. The van der Waals surface area contributed by atoms with Gasteiger partial charge in [0.05, 0.1) is 6.10 Å². The van der Waals surface area contributed by atoms with E-state index in [1.807, 2.05) is 0 Å². The van der Waals surface area contributed by atoms with Crippen molar-refractivity contribution in [3.63, 3.8) is 0 Å². The SMILES string of the molecule is Fc1ccc(OC2CC2)c(F)c1.O=C(O)Nc1nccs1. The van der Waals surface area contributed by atoms with Crippen LogP contribution in [0.25, 0.3) is 0 Å². The first-order valence-electron chi connectivity index (χ1n) is 6.06. The first-order chi connectivity index (χ1) is 10.0. The molecule has 3 rings (SSSR count). The normalized spacial score (nSPS) is 13.0. The molecule has 1 aromatic heterocycles. The summed E-state index contributed by atoms with van der Waals surface area (Å²) in [7, 11) is 0. The van der Waals surface area contributed by atoms with Crippen molar-refractivity contribution in [2.75, 3.05) is 5.32 Å². The van der Waals surface area contributed by atoms with Crippen molar-refractivity contribution in [2.45, 2.75) is 18.9 Å². The van der Waals surface area contributed by atoms with Gasteiger partial charge in [0.25, 0.3) is 0 Å². The number of aromatic nitrogens is 1. The zero-order valence-corrected chi connectivity index (χ0v) is 11.6. The Balaban J connectivity index is 0.000000161. The number of amides is 1. The van der Waals surface area contributed by atoms with Crippen molar-refractivity contribution in [1.29, 1.82) is 0 Å². The number of halogens is 2. The molecule has 112 valence electrons. The Morgan fingerprint density at radius 3 is 2.71 bits per heavy atom. The van der Waals surface area contributed by atoms with E-state index in [1.54, 1.807) is 5.38 Å². The molecule has 1 aliphatic rings. The van der Waals surface area contributed by atoms with Gasteiger partial charge in [-0.2, -0.15) is 0 Å². The van der Waals surface area contributed by atoms with E-state index >= 15 is 0 Å². The lowest BCUT2D eigenvalue weighted by molar-refractivity contribution is 0.209. The summed E-state index contributed by atoms with van der Waals surface area (Å²) < 4.78 is 30.4. The number of carbonyl (C=O) groups is 1. The highest BCUT2D eigenvalue weighted by molar-refractivity contribution is 7.13. The number of nitrogens with zero attached hydrogens (tertiary/aromatic N) is 1. The summed E-state index contributed by atoms with van der Waals surface area (Å²) in [5, 5.41) is 12.4. The van der Waals surface area contributed by atoms with Crippen LogP contribution in [0.5, 0.6) is 5.75 Å². The van der Waals surface area contributed by atoms with Crippen LogP contribution in [0.15, 0.2) is 29.8 Å². The standard InChI is InChI=1S/C9H8F2O.C4H4N2O2S/c10-6-1-4-9(8(11)5-6)12-7-2-3-7;7-4(8)6-3-5-1-2-9-3/h1,4-5,7H,2-3H2;1-2H,(H,5,6)(H,7,8). The molecule has 1 heterocycles. The summed E-state index contributed by atoms with van der Waals surface area (Å²) in [6.07, 6.45) is 2.54. The molecule has 0 aliphatic heterocycles. The Labute approximate surface area is 123 Å². The predicted octanol–water partition coefficient (Wildman–Crippen LogP) is 3.74. The number of benzene rings is 1. The number of nitrogens with one attached hydrogen (secondary N) is 1. The maximum atomic E-state index is 12.9. The predicted molar refractivity (Wildman–Crippen MR) is 73.8 cm³/mol. The summed E-state index contributed by atoms with van der Waals surface area (Å²) in [4.78, 5) is 13.6. The van der Waals surface area contributed by atoms with E-state index in [1.165, 1.54) is 29.7 Å². The minimum absolute atomic E-state index is 0.143. The second kappa shape index (κ2) is 6.98. The number of anilines is 1. The molecule has 2 N–H and O–H groups in total. The lowest BCUT2D eigenvalue weighted by atomic mass is 10.3. The van der Waals surface area contributed by atoms with Crippen molar-refractivity contribution in [1.82, 2.24) is 4.98 Å². The molecule has 2 aromatic rings. The highest BCUT2D eigenvalue weighted by Gasteiger charge is 2.24. The van der Waals surface area contributed by atoms with Gasteiger partial charge >= 0.3 is 6.09 Å². The van der Waals surface area contributed by atoms with Gasteiger partial charge in [-0.3, -0.25) is 5.32 Å². The number of rotatable bonds is 3. The summed E-state index contributed by atoms with van der Waals surface area (Å²) in [6, 6.07) is 3.35. The second-order valence-electron chi connectivity index (χ2n) is 4.16. The zero-order valence-electron chi connectivity index (χ0n) is 10.8. The summed E-state index contributed by atoms with van der Waals surface area (Å²) >= 11 is 1.25. The quantitative estimate of drug-likeness (QED) is 0.905. The number of hydrogen-bond acceptors (Lipinski definition) is 4. The van der Waals surface area contributed by atoms with Gasteiger partial charge in [-0.1, -0.05) is 0 Å². The fourth-order valence-corrected chi connectivity index (χ4v) is 1.83. The van der Waals surface area contributed by atoms with Crippen LogP contribution in [0.2, 0.25) is 0 Å². The average molecular weight is 314 g/mol.